The average molecular weight is 208 g/mol. The van der Waals surface area contributed by atoms with Crippen LogP contribution in [0.15, 0.2) is 24.3 Å². The number of nitrogens with one attached hydrogen (secondary N) is 1. The fourth-order valence-electron chi connectivity index (χ4n) is 1.33. The van der Waals surface area contributed by atoms with E-state index < -0.39 is 6.09 Å². The zero-order valence-corrected chi connectivity index (χ0v) is 8.57. The van der Waals surface area contributed by atoms with Gasteiger partial charge in [0, 0.05) is 12.2 Å². The third-order valence-corrected chi connectivity index (χ3v) is 2.15. The number of carboxylic acid groups (broad SMARTS) is 1. The number of hydrogen-bond acceptors (Lipinski definition) is 2. The molecule has 0 saturated carbocycles. The van der Waals surface area contributed by atoms with Crippen LogP contribution in [0, 0.1) is 0 Å². The van der Waals surface area contributed by atoms with E-state index in [0.29, 0.717) is 6.54 Å². The molecule has 0 fully saturated rings. The highest BCUT2D eigenvalue weighted by Gasteiger charge is 1.95. The number of rotatable bonds is 5. The molecule has 1 rings (SSSR count). The molecule has 1 amide bonds. The van der Waals surface area contributed by atoms with Crippen LogP contribution in [0.3, 0.4) is 0 Å². The number of anilines is 1. The van der Waals surface area contributed by atoms with E-state index >= 15 is 0 Å². The Labute approximate surface area is 89.1 Å². The van der Waals surface area contributed by atoms with Gasteiger partial charge in [-0.05, 0) is 37.0 Å². The Kier molecular flexibility index (Phi) is 4.47. The SMILES string of the molecule is Nc1ccc(CCCCNC(=O)O)cc1. The van der Waals surface area contributed by atoms with Crippen LogP contribution in [0.2, 0.25) is 0 Å². The molecule has 4 heteroatoms. The molecule has 1 aromatic rings. The molecule has 0 heterocycles. The molecule has 0 bridgehead atoms. The van der Waals surface area contributed by atoms with E-state index in [1.807, 2.05) is 24.3 Å². The number of unbranched alkanes of at least 4 members (excludes halogenated alkanes) is 1. The van der Waals surface area contributed by atoms with Crippen LogP contribution in [0.25, 0.3) is 0 Å². The Morgan fingerprint density at radius 2 is 1.93 bits per heavy atom. The molecule has 4 N–H and O–H groups in total. The van der Waals surface area contributed by atoms with Crippen LogP contribution in [0.5, 0.6) is 0 Å². The largest absolute Gasteiger partial charge is 0.465 e. The molecule has 1 aromatic carbocycles. The van der Waals surface area contributed by atoms with Gasteiger partial charge in [0.25, 0.3) is 0 Å². The smallest absolute Gasteiger partial charge is 0.404 e. The van der Waals surface area contributed by atoms with Crippen LogP contribution in [0.1, 0.15) is 18.4 Å². The highest BCUT2D eigenvalue weighted by atomic mass is 16.4. The fourth-order valence-corrected chi connectivity index (χ4v) is 1.33. The highest BCUT2D eigenvalue weighted by molar-refractivity contribution is 5.64. The van der Waals surface area contributed by atoms with Gasteiger partial charge in [0.1, 0.15) is 0 Å². The standard InChI is InChI=1S/C11H16N2O2/c12-10-6-4-9(5-7-10)3-1-2-8-13-11(14)15/h4-7,13H,1-3,8,12H2,(H,14,15). The lowest BCUT2D eigenvalue weighted by Gasteiger charge is -2.02. The number of amides is 1. The normalized spacial score (nSPS) is 9.87. The van der Waals surface area contributed by atoms with E-state index in [9.17, 15) is 4.79 Å². The molecular formula is C11H16N2O2. The molecule has 82 valence electrons. The zero-order valence-electron chi connectivity index (χ0n) is 8.57. The summed E-state index contributed by atoms with van der Waals surface area (Å²) in [6.07, 6.45) is 1.84. The van der Waals surface area contributed by atoms with Gasteiger partial charge in [-0.1, -0.05) is 12.1 Å². The molecule has 0 aliphatic heterocycles. The number of carbonyl (C=O) groups is 1. The minimum Gasteiger partial charge on any atom is -0.465 e. The van der Waals surface area contributed by atoms with Crippen molar-refractivity contribution in [2.75, 3.05) is 12.3 Å². The van der Waals surface area contributed by atoms with Gasteiger partial charge in [-0.3, -0.25) is 0 Å². The van der Waals surface area contributed by atoms with E-state index in [2.05, 4.69) is 5.32 Å². The number of nitrogen functional groups attached to an aromatic ring is 1. The highest BCUT2D eigenvalue weighted by Crippen LogP contribution is 2.08. The third-order valence-electron chi connectivity index (χ3n) is 2.15. The number of hydrogen-bond donors (Lipinski definition) is 3. The van der Waals surface area contributed by atoms with E-state index in [4.69, 9.17) is 10.8 Å². The molecule has 0 atom stereocenters. The Morgan fingerprint density at radius 3 is 2.53 bits per heavy atom. The van der Waals surface area contributed by atoms with Gasteiger partial charge < -0.3 is 16.2 Å². The second-order valence-electron chi connectivity index (χ2n) is 3.43. The fraction of sp³-hybridized carbons (Fsp3) is 0.364. The first-order chi connectivity index (χ1) is 7.18. The Hall–Kier alpha value is -1.71. The van der Waals surface area contributed by atoms with Crippen molar-refractivity contribution in [3.63, 3.8) is 0 Å². The molecule has 0 aliphatic carbocycles. The van der Waals surface area contributed by atoms with Gasteiger partial charge in [-0.15, -0.1) is 0 Å². The Balaban J connectivity index is 2.15. The first kappa shape index (κ1) is 11.4. The number of aryl methyl sites for hydroxylation is 1. The first-order valence-electron chi connectivity index (χ1n) is 4.99. The second kappa shape index (κ2) is 5.90. The van der Waals surface area contributed by atoms with Crippen molar-refractivity contribution in [3.8, 4) is 0 Å². The number of benzene rings is 1. The average Bonchev–Trinajstić information content (AvgIpc) is 2.20. The van der Waals surface area contributed by atoms with Crippen LogP contribution in [-0.4, -0.2) is 17.7 Å². The minimum atomic E-state index is -0.956. The predicted octanol–water partition coefficient (Wildman–Crippen LogP) is 1.86. The van der Waals surface area contributed by atoms with E-state index in [-0.39, 0.29) is 0 Å². The van der Waals surface area contributed by atoms with E-state index in [0.717, 1.165) is 24.9 Å². The van der Waals surface area contributed by atoms with Crippen LogP contribution in [0.4, 0.5) is 10.5 Å². The lowest BCUT2D eigenvalue weighted by Crippen LogP contribution is -2.21. The monoisotopic (exact) mass is 208 g/mol. The quantitative estimate of drug-likeness (QED) is 0.510. The Morgan fingerprint density at radius 1 is 1.27 bits per heavy atom. The molecule has 15 heavy (non-hydrogen) atoms. The summed E-state index contributed by atoms with van der Waals surface area (Å²) in [6.45, 7) is 0.518. The topological polar surface area (TPSA) is 75.3 Å². The molecule has 0 unspecified atom stereocenters. The lowest BCUT2D eigenvalue weighted by atomic mass is 10.1. The summed E-state index contributed by atoms with van der Waals surface area (Å²) in [7, 11) is 0. The summed E-state index contributed by atoms with van der Waals surface area (Å²) >= 11 is 0. The summed E-state index contributed by atoms with van der Waals surface area (Å²) in [5.74, 6) is 0. The second-order valence-corrected chi connectivity index (χ2v) is 3.43. The molecular weight excluding hydrogens is 192 g/mol. The first-order valence-corrected chi connectivity index (χ1v) is 4.99. The molecule has 4 nitrogen and oxygen atoms in total. The summed E-state index contributed by atoms with van der Waals surface area (Å²) in [5.41, 5.74) is 7.57. The van der Waals surface area contributed by atoms with Crippen molar-refractivity contribution >= 4 is 11.8 Å². The maximum absolute atomic E-state index is 10.1. The maximum Gasteiger partial charge on any atom is 0.404 e. The summed E-state index contributed by atoms with van der Waals surface area (Å²) in [5, 5.41) is 10.7. The van der Waals surface area contributed by atoms with Crippen molar-refractivity contribution in [1.29, 1.82) is 0 Å². The van der Waals surface area contributed by atoms with Crippen molar-refractivity contribution in [2.24, 2.45) is 0 Å². The zero-order chi connectivity index (χ0) is 11.1. The molecule has 0 aromatic heterocycles. The lowest BCUT2D eigenvalue weighted by molar-refractivity contribution is 0.194. The number of nitrogens with two attached hydrogens (primary N) is 1. The van der Waals surface area contributed by atoms with Crippen LogP contribution in [-0.2, 0) is 6.42 Å². The van der Waals surface area contributed by atoms with Crippen molar-refractivity contribution in [1.82, 2.24) is 5.32 Å². The third kappa shape index (κ3) is 4.90. The van der Waals surface area contributed by atoms with Gasteiger partial charge >= 0.3 is 6.09 Å². The summed E-state index contributed by atoms with van der Waals surface area (Å²) in [6, 6.07) is 7.76. The minimum absolute atomic E-state index is 0.518. The van der Waals surface area contributed by atoms with Crippen molar-refractivity contribution in [3.05, 3.63) is 29.8 Å². The van der Waals surface area contributed by atoms with E-state index in [1.54, 1.807) is 0 Å². The van der Waals surface area contributed by atoms with Gasteiger partial charge in [0.2, 0.25) is 0 Å². The predicted molar refractivity (Wildman–Crippen MR) is 59.8 cm³/mol. The Bertz CT molecular complexity index is 309. The molecule has 0 saturated heterocycles. The molecule has 0 radical (unpaired) electrons. The molecule has 0 spiro atoms. The summed E-state index contributed by atoms with van der Waals surface area (Å²) in [4.78, 5) is 10.1. The van der Waals surface area contributed by atoms with Gasteiger partial charge in [-0.25, -0.2) is 4.79 Å². The van der Waals surface area contributed by atoms with Crippen molar-refractivity contribution in [2.45, 2.75) is 19.3 Å². The van der Waals surface area contributed by atoms with Crippen LogP contribution >= 0.6 is 0 Å². The van der Waals surface area contributed by atoms with Gasteiger partial charge in [0.15, 0.2) is 0 Å². The molecule has 0 aliphatic rings. The summed E-state index contributed by atoms with van der Waals surface area (Å²) < 4.78 is 0. The van der Waals surface area contributed by atoms with Crippen LogP contribution < -0.4 is 11.1 Å². The van der Waals surface area contributed by atoms with Gasteiger partial charge in [-0.2, -0.15) is 0 Å². The van der Waals surface area contributed by atoms with E-state index in [1.165, 1.54) is 5.56 Å². The van der Waals surface area contributed by atoms with Gasteiger partial charge in [0.05, 0.1) is 0 Å². The maximum atomic E-state index is 10.1. The van der Waals surface area contributed by atoms with Crippen molar-refractivity contribution < 1.29 is 9.90 Å².